The highest BCUT2D eigenvalue weighted by Crippen LogP contribution is 2.40. The van der Waals surface area contributed by atoms with E-state index in [1.807, 2.05) is 60.7 Å². The molecule has 0 amide bonds. The highest BCUT2D eigenvalue weighted by Gasteiger charge is 2.16. The summed E-state index contributed by atoms with van der Waals surface area (Å²) in [6, 6.07) is 67.6. The van der Waals surface area contributed by atoms with E-state index in [1.54, 1.807) is 10.6 Å². The Labute approximate surface area is 374 Å². The molecular formula is C60H42N2. The van der Waals surface area contributed by atoms with Gasteiger partial charge in [-0.15, -0.1) is 0 Å². The maximum absolute atomic E-state index is 8.98. The van der Waals surface area contributed by atoms with Crippen LogP contribution in [0.1, 0.15) is 11.0 Å². The van der Waals surface area contributed by atoms with Crippen molar-refractivity contribution in [2.75, 3.05) is 4.90 Å². The van der Waals surface area contributed by atoms with Crippen molar-refractivity contribution >= 4 is 38.9 Å². The zero-order valence-electron chi connectivity index (χ0n) is 41.5. The van der Waals surface area contributed by atoms with Crippen LogP contribution in [0.2, 0.25) is 0 Å². The Bertz CT molecular complexity index is 3690. The summed E-state index contributed by atoms with van der Waals surface area (Å²) in [4.78, 5) is 2.23. The molecule has 0 unspecified atom stereocenters. The Kier molecular flexibility index (Phi) is 7.56. The molecule has 0 radical (unpaired) electrons. The smallest absolute Gasteiger partial charge is 0.0645 e. The zero-order chi connectivity index (χ0) is 48.2. The van der Waals surface area contributed by atoms with Crippen molar-refractivity contribution in [1.29, 1.82) is 0 Å². The summed E-state index contributed by atoms with van der Waals surface area (Å²) < 4.78 is 71.1. The summed E-state index contributed by atoms with van der Waals surface area (Å²) in [5.41, 5.74) is 14.3. The third-order valence-corrected chi connectivity index (χ3v) is 11.5. The molecule has 11 aromatic rings. The molecule has 62 heavy (non-hydrogen) atoms. The highest BCUT2D eigenvalue weighted by atomic mass is 15.1. The van der Waals surface area contributed by atoms with Gasteiger partial charge in [-0.05, 0) is 122 Å². The third kappa shape index (κ3) is 6.94. The van der Waals surface area contributed by atoms with E-state index in [4.69, 9.17) is 11.0 Å². The molecule has 1 aromatic heterocycles. The van der Waals surface area contributed by atoms with Crippen molar-refractivity contribution in [3.8, 4) is 61.3 Å². The number of para-hydroxylation sites is 2. The predicted molar refractivity (Wildman–Crippen MR) is 263 cm³/mol. The minimum absolute atomic E-state index is 0.0468. The Morgan fingerprint density at radius 1 is 0.306 bits per heavy atom. The molecular weight excluding hydrogens is 749 g/mol. The first-order valence-corrected chi connectivity index (χ1v) is 20.6. The van der Waals surface area contributed by atoms with Gasteiger partial charge in [-0.3, -0.25) is 0 Å². The van der Waals surface area contributed by atoms with Gasteiger partial charge in [0.2, 0.25) is 0 Å². The standard InChI is InChI=1S/C60H42N2/c1-4-15-43(16-5-1)44-27-34-51(35-28-44)61(53-38-31-46(32-39-53)50-33-40-55(47-17-6-2-7-18-47)58(42-50)48-19-8-3-9-20-48)52-36-29-45(30-37-52)49-21-14-22-54(41-49)62-59-25-12-10-23-56(59)57-24-11-13-26-60(57)62/h1-42H/i10D,11D,12D,13D,23D,24D,25D,26D. The molecule has 0 saturated carbocycles. The molecule has 11 rings (SSSR count). The molecule has 0 aliphatic carbocycles. The van der Waals surface area contributed by atoms with Crippen molar-refractivity contribution in [1.82, 2.24) is 4.57 Å². The molecule has 10 aromatic carbocycles. The summed E-state index contributed by atoms with van der Waals surface area (Å²) in [7, 11) is 0. The molecule has 1 heterocycles. The highest BCUT2D eigenvalue weighted by molar-refractivity contribution is 6.09. The van der Waals surface area contributed by atoms with Gasteiger partial charge in [0.25, 0.3) is 0 Å². The van der Waals surface area contributed by atoms with Gasteiger partial charge in [0, 0.05) is 33.5 Å². The van der Waals surface area contributed by atoms with Crippen molar-refractivity contribution in [2.45, 2.75) is 0 Å². The summed E-state index contributed by atoms with van der Waals surface area (Å²) in [5.74, 6) is 0. The van der Waals surface area contributed by atoms with E-state index in [0.717, 1.165) is 67.1 Å². The SMILES string of the molecule is [2H]c1c([2H])c([2H])c2c(c1[2H])c1c([2H])c([2H])c([2H])c([2H])c1n2-c1cccc(-c2ccc(N(c3ccc(-c4ccccc4)cc3)c3ccc(-c4ccc(-c5ccccc5)c(-c5ccccc5)c4)cc3)cc2)c1. The predicted octanol–water partition coefficient (Wildman–Crippen LogP) is 16.6. The molecule has 0 aliphatic heterocycles. The Balaban J connectivity index is 0.991. The van der Waals surface area contributed by atoms with E-state index in [9.17, 15) is 0 Å². The van der Waals surface area contributed by atoms with Crippen LogP contribution in [0, 0.1) is 0 Å². The van der Waals surface area contributed by atoms with Crippen LogP contribution in [0.15, 0.2) is 255 Å². The summed E-state index contributed by atoms with van der Waals surface area (Å²) in [5, 5.41) is 0.0937. The lowest BCUT2D eigenvalue weighted by atomic mass is 9.91. The number of anilines is 3. The summed E-state index contributed by atoms with van der Waals surface area (Å²) in [6.45, 7) is 0. The number of fused-ring (bicyclic) bond motifs is 3. The van der Waals surface area contributed by atoms with E-state index in [0.29, 0.717) is 5.69 Å². The first-order valence-electron chi connectivity index (χ1n) is 24.6. The molecule has 292 valence electrons. The molecule has 0 aliphatic rings. The molecule has 2 nitrogen and oxygen atoms in total. The molecule has 0 spiro atoms. The minimum Gasteiger partial charge on any atom is -0.311 e. The van der Waals surface area contributed by atoms with Gasteiger partial charge < -0.3 is 9.47 Å². The van der Waals surface area contributed by atoms with Crippen LogP contribution in [0.5, 0.6) is 0 Å². The minimum atomic E-state index is -0.471. The maximum Gasteiger partial charge on any atom is 0.0645 e. The molecule has 2 heteroatoms. The fourth-order valence-corrected chi connectivity index (χ4v) is 8.44. The van der Waals surface area contributed by atoms with Crippen LogP contribution in [-0.4, -0.2) is 4.57 Å². The number of aromatic nitrogens is 1. The van der Waals surface area contributed by atoms with Gasteiger partial charge in [0.05, 0.1) is 22.0 Å². The number of benzene rings is 10. The van der Waals surface area contributed by atoms with E-state index in [1.165, 1.54) is 5.56 Å². The Hall–Kier alpha value is -8.20. The van der Waals surface area contributed by atoms with E-state index >= 15 is 0 Å². The number of rotatable bonds is 9. The monoisotopic (exact) mass is 798 g/mol. The van der Waals surface area contributed by atoms with Crippen LogP contribution >= 0.6 is 0 Å². The molecule has 0 saturated heterocycles. The van der Waals surface area contributed by atoms with Crippen molar-refractivity contribution in [2.24, 2.45) is 0 Å². The van der Waals surface area contributed by atoms with Crippen LogP contribution in [-0.2, 0) is 0 Å². The second-order valence-corrected chi connectivity index (χ2v) is 15.2. The fourth-order valence-electron chi connectivity index (χ4n) is 8.44. The Morgan fingerprint density at radius 3 is 1.21 bits per heavy atom. The summed E-state index contributed by atoms with van der Waals surface area (Å²) in [6.07, 6.45) is 0. The third-order valence-electron chi connectivity index (χ3n) is 11.5. The number of hydrogen-bond donors (Lipinski definition) is 0. The molecule has 0 fully saturated rings. The van der Waals surface area contributed by atoms with Gasteiger partial charge in [-0.2, -0.15) is 0 Å². The second-order valence-electron chi connectivity index (χ2n) is 15.2. The van der Waals surface area contributed by atoms with Crippen LogP contribution in [0.25, 0.3) is 83.1 Å². The van der Waals surface area contributed by atoms with E-state index < -0.39 is 24.2 Å². The Morgan fingerprint density at radius 2 is 0.694 bits per heavy atom. The van der Waals surface area contributed by atoms with Crippen molar-refractivity contribution in [3.63, 3.8) is 0 Å². The van der Waals surface area contributed by atoms with Gasteiger partial charge in [0.1, 0.15) is 0 Å². The van der Waals surface area contributed by atoms with E-state index in [-0.39, 0.29) is 46.0 Å². The fraction of sp³-hybridized carbons (Fsp3) is 0. The van der Waals surface area contributed by atoms with Gasteiger partial charge in [-0.25, -0.2) is 0 Å². The summed E-state index contributed by atoms with van der Waals surface area (Å²) >= 11 is 0. The largest absolute Gasteiger partial charge is 0.311 e. The van der Waals surface area contributed by atoms with Gasteiger partial charge in [0.15, 0.2) is 0 Å². The lowest BCUT2D eigenvalue weighted by molar-refractivity contribution is 1.18. The van der Waals surface area contributed by atoms with Gasteiger partial charge in [-0.1, -0.05) is 188 Å². The average molecular weight is 799 g/mol. The topological polar surface area (TPSA) is 8.17 Å². The van der Waals surface area contributed by atoms with Crippen LogP contribution in [0.3, 0.4) is 0 Å². The number of nitrogens with zero attached hydrogens (tertiary/aromatic N) is 2. The molecule has 0 atom stereocenters. The van der Waals surface area contributed by atoms with Crippen molar-refractivity contribution in [3.05, 3.63) is 255 Å². The lowest BCUT2D eigenvalue weighted by Gasteiger charge is -2.26. The van der Waals surface area contributed by atoms with Crippen molar-refractivity contribution < 1.29 is 11.0 Å². The molecule has 0 N–H and O–H groups in total. The van der Waals surface area contributed by atoms with Crippen LogP contribution in [0.4, 0.5) is 17.1 Å². The van der Waals surface area contributed by atoms with E-state index in [2.05, 4.69) is 144 Å². The molecule has 0 bridgehead atoms. The second kappa shape index (κ2) is 16.1. The number of hydrogen-bond acceptors (Lipinski definition) is 1. The quantitative estimate of drug-likeness (QED) is 0.141. The maximum atomic E-state index is 8.98. The first-order chi connectivity index (χ1) is 34.1. The normalized spacial score (nSPS) is 13.0. The zero-order valence-corrected chi connectivity index (χ0v) is 33.5. The first kappa shape index (κ1) is 29.1. The lowest BCUT2D eigenvalue weighted by Crippen LogP contribution is -2.09. The van der Waals surface area contributed by atoms with Crippen LogP contribution < -0.4 is 4.90 Å². The average Bonchev–Trinajstić information content (AvgIpc) is 3.79. The van der Waals surface area contributed by atoms with Gasteiger partial charge >= 0.3 is 0 Å².